The highest BCUT2D eigenvalue weighted by molar-refractivity contribution is 5.54. The Bertz CT molecular complexity index is 630. The van der Waals surface area contributed by atoms with Crippen molar-refractivity contribution in [1.82, 2.24) is 0 Å². The first-order valence-corrected chi connectivity index (χ1v) is 6.67. The number of fused-ring (bicyclic) bond motifs is 1. The van der Waals surface area contributed by atoms with Gasteiger partial charge in [-0.1, -0.05) is 12.1 Å². The molecule has 0 aliphatic carbocycles. The molecule has 2 aromatic carbocycles. The summed E-state index contributed by atoms with van der Waals surface area (Å²) < 4.78 is 19.6. The number of nitrogens with zero attached hydrogens (tertiary/aromatic N) is 1. The van der Waals surface area contributed by atoms with E-state index in [2.05, 4.69) is 0 Å². The van der Waals surface area contributed by atoms with E-state index in [0.29, 0.717) is 24.6 Å². The highest BCUT2D eigenvalue weighted by Crippen LogP contribution is 2.40. The number of ether oxygens (including phenoxy) is 1. The van der Waals surface area contributed by atoms with Crippen molar-refractivity contribution in [2.45, 2.75) is 13.0 Å². The van der Waals surface area contributed by atoms with Gasteiger partial charge in [0.2, 0.25) is 0 Å². The molecule has 20 heavy (non-hydrogen) atoms. The summed E-state index contributed by atoms with van der Waals surface area (Å²) in [6, 6.07) is 11.8. The molecule has 0 aromatic heterocycles. The lowest BCUT2D eigenvalue weighted by molar-refractivity contribution is 0.325. The van der Waals surface area contributed by atoms with E-state index in [1.165, 1.54) is 6.07 Å². The minimum absolute atomic E-state index is 0.0347. The van der Waals surface area contributed by atoms with E-state index in [4.69, 9.17) is 4.74 Å². The zero-order valence-electron chi connectivity index (χ0n) is 11.2. The van der Waals surface area contributed by atoms with Crippen LogP contribution in [-0.4, -0.2) is 18.3 Å². The van der Waals surface area contributed by atoms with Crippen molar-refractivity contribution in [3.8, 4) is 11.5 Å². The van der Waals surface area contributed by atoms with Crippen LogP contribution in [0.5, 0.6) is 11.5 Å². The molecule has 0 saturated carbocycles. The maximum absolute atomic E-state index is 14.0. The Morgan fingerprint density at radius 2 is 2.10 bits per heavy atom. The van der Waals surface area contributed by atoms with Crippen LogP contribution in [0.15, 0.2) is 42.5 Å². The highest BCUT2D eigenvalue weighted by atomic mass is 19.1. The molecule has 3 nitrogen and oxygen atoms in total. The van der Waals surface area contributed by atoms with E-state index in [-0.39, 0.29) is 17.6 Å². The quantitative estimate of drug-likeness (QED) is 0.929. The number of phenols is 1. The molecule has 0 bridgehead atoms. The van der Waals surface area contributed by atoms with Gasteiger partial charge in [0.15, 0.2) is 0 Å². The fourth-order valence-corrected chi connectivity index (χ4v) is 2.68. The third-order valence-electron chi connectivity index (χ3n) is 3.63. The van der Waals surface area contributed by atoms with Crippen molar-refractivity contribution in [3.63, 3.8) is 0 Å². The normalized spacial score (nSPS) is 16.6. The van der Waals surface area contributed by atoms with Crippen molar-refractivity contribution >= 4 is 5.69 Å². The van der Waals surface area contributed by atoms with Crippen LogP contribution < -0.4 is 9.64 Å². The second-order valence-electron chi connectivity index (χ2n) is 4.79. The Morgan fingerprint density at radius 1 is 1.30 bits per heavy atom. The summed E-state index contributed by atoms with van der Waals surface area (Å²) >= 11 is 0. The van der Waals surface area contributed by atoms with Gasteiger partial charge in [-0.3, -0.25) is 0 Å². The summed E-state index contributed by atoms with van der Waals surface area (Å²) in [6.45, 7) is 3.13. The first-order valence-electron chi connectivity index (χ1n) is 6.67. The monoisotopic (exact) mass is 273 g/mol. The van der Waals surface area contributed by atoms with E-state index in [9.17, 15) is 9.50 Å². The topological polar surface area (TPSA) is 32.7 Å². The molecule has 1 unspecified atom stereocenters. The average molecular weight is 273 g/mol. The number of phenolic OH excluding ortho intramolecular Hbond substituents is 1. The molecule has 1 aliphatic heterocycles. The van der Waals surface area contributed by atoms with Crippen molar-refractivity contribution in [2.75, 3.05) is 18.1 Å². The number of likely N-dealkylation sites (N-methyl/N-ethyl adjacent to an activating group) is 1. The van der Waals surface area contributed by atoms with Gasteiger partial charge in [0.1, 0.15) is 23.9 Å². The number of hydrogen-bond acceptors (Lipinski definition) is 3. The lowest BCUT2D eigenvalue weighted by atomic mass is 10.1. The number of rotatable bonds is 3. The molecule has 2 aromatic rings. The summed E-state index contributed by atoms with van der Waals surface area (Å²) in [5.41, 5.74) is 1.55. The van der Waals surface area contributed by atoms with Gasteiger partial charge in [0.05, 0.1) is 11.7 Å². The minimum atomic E-state index is -0.235. The largest absolute Gasteiger partial charge is 0.508 e. The third kappa shape index (κ3) is 2.07. The van der Waals surface area contributed by atoms with E-state index in [1.807, 2.05) is 24.0 Å². The van der Waals surface area contributed by atoms with E-state index >= 15 is 0 Å². The predicted molar refractivity (Wildman–Crippen MR) is 75.8 cm³/mol. The number of halogens is 1. The van der Waals surface area contributed by atoms with Gasteiger partial charge >= 0.3 is 0 Å². The molecule has 1 aliphatic rings. The molecular formula is C16H16FNO2. The Labute approximate surface area is 117 Å². The molecule has 1 N–H and O–H groups in total. The van der Waals surface area contributed by atoms with Crippen LogP contribution >= 0.6 is 0 Å². The van der Waals surface area contributed by atoms with Gasteiger partial charge in [0.25, 0.3) is 0 Å². The Kier molecular flexibility index (Phi) is 3.22. The zero-order valence-corrected chi connectivity index (χ0v) is 11.2. The van der Waals surface area contributed by atoms with Crippen LogP contribution in [0.1, 0.15) is 18.5 Å². The summed E-state index contributed by atoms with van der Waals surface area (Å²) in [6.07, 6.45) is 0. The van der Waals surface area contributed by atoms with Crippen LogP contribution in [-0.2, 0) is 0 Å². The number of aromatic hydroxyl groups is 1. The van der Waals surface area contributed by atoms with Crippen LogP contribution in [0.4, 0.5) is 10.1 Å². The van der Waals surface area contributed by atoms with Gasteiger partial charge in [-0.05, 0) is 31.2 Å². The highest BCUT2D eigenvalue weighted by Gasteiger charge is 2.30. The molecule has 0 spiro atoms. The third-order valence-corrected chi connectivity index (χ3v) is 3.63. The fourth-order valence-electron chi connectivity index (χ4n) is 2.68. The lowest BCUT2D eigenvalue weighted by Crippen LogP contribution is -2.30. The molecule has 0 radical (unpaired) electrons. The Morgan fingerprint density at radius 3 is 2.85 bits per heavy atom. The molecule has 104 valence electrons. The predicted octanol–water partition coefficient (Wildman–Crippen LogP) is 3.49. The molecule has 4 heteroatoms. The smallest absolute Gasteiger partial charge is 0.146 e. The second kappa shape index (κ2) is 5.04. The molecule has 0 fully saturated rings. The maximum atomic E-state index is 14.0. The number of benzene rings is 2. The Balaban J connectivity index is 1.99. The first-order chi connectivity index (χ1) is 9.70. The Hall–Kier alpha value is -2.23. The molecule has 1 atom stereocenters. The molecule has 1 heterocycles. The summed E-state index contributed by atoms with van der Waals surface area (Å²) in [5, 5.41) is 9.49. The van der Waals surface area contributed by atoms with E-state index < -0.39 is 0 Å². The standard InChI is InChI=1S/C16H16FNO2/c1-2-18(14-6-4-3-5-13(14)17)15-10-20-16-9-11(19)7-8-12(15)16/h3-9,15,19H,2,10H2,1H3. The van der Waals surface area contributed by atoms with Gasteiger partial charge in [-0.15, -0.1) is 0 Å². The lowest BCUT2D eigenvalue weighted by Gasteiger charge is -2.29. The van der Waals surface area contributed by atoms with Crippen LogP contribution in [0.25, 0.3) is 0 Å². The van der Waals surface area contributed by atoms with Crippen molar-refractivity contribution in [1.29, 1.82) is 0 Å². The van der Waals surface area contributed by atoms with Crippen molar-refractivity contribution in [3.05, 3.63) is 53.8 Å². The SMILES string of the molecule is CCN(c1ccccc1F)C1COc2cc(O)ccc21. The van der Waals surface area contributed by atoms with Crippen molar-refractivity contribution < 1.29 is 14.2 Å². The van der Waals surface area contributed by atoms with Gasteiger partial charge in [0, 0.05) is 18.2 Å². The van der Waals surface area contributed by atoms with Crippen LogP contribution in [0, 0.1) is 5.82 Å². The minimum Gasteiger partial charge on any atom is -0.508 e. The summed E-state index contributed by atoms with van der Waals surface area (Å²) in [7, 11) is 0. The number of hydrogen-bond donors (Lipinski definition) is 1. The number of anilines is 1. The van der Waals surface area contributed by atoms with Crippen molar-refractivity contribution in [2.24, 2.45) is 0 Å². The molecule has 0 amide bonds. The average Bonchev–Trinajstić information content (AvgIpc) is 2.85. The van der Waals surface area contributed by atoms with E-state index in [1.54, 1.807) is 24.3 Å². The maximum Gasteiger partial charge on any atom is 0.146 e. The summed E-state index contributed by atoms with van der Waals surface area (Å²) in [5.74, 6) is 0.615. The fraction of sp³-hybridized carbons (Fsp3) is 0.250. The molecule has 3 rings (SSSR count). The van der Waals surface area contributed by atoms with Gasteiger partial charge in [-0.25, -0.2) is 4.39 Å². The van der Waals surface area contributed by atoms with Gasteiger partial charge < -0.3 is 14.7 Å². The van der Waals surface area contributed by atoms with Gasteiger partial charge in [-0.2, -0.15) is 0 Å². The summed E-state index contributed by atoms with van der Waals surface area (Å²) in [4.78, 5) is 1.98. The van der Waals surface area contributed by atoms with Crippen LogP contribution in [0.3, 0.4) is 0 Å². The molecule has 0 saturated heterocycles. The first kappa shape index (κ1) is 12.8. The second-order valence-corrected chi connectivity index (χ2v) is 4.79. The van der Waals surface area contributed by atoms with E-state index in [0.717, 1.165) is 5.56 Å². The zero-order chi connectivity index (χ0) is 14.1. The molecular weight excluding hydrogens is 257 g/mol. The number of para-hydroxylation sites is 1. The van der Waals surface area contributed by atoms with Crippen LogP contribution in [0.2, 0.25) is 0 Å².